The minimum Gasteiger partial charge on any atom is -0.0628 e. The zero-order chi connectivity index (χ0) is 18.1. The van der Waals surface area contributed by atoms with Crippen molar-refractivity contribution < 1.29 is 0 Å². The van der Waals surface area contributed by atoms with Gasteiger partial charge in [-0.05, 0) is 98.2 Å². The molecule has 6 atom stereocenters. The molecule has 6 unspecified atom stereocenters. The van der Waals surface area contributed by atoms with Crippen molar-refractivity contribution in [2.24, 2.45) is 40.4 Å². The molecule has 0 heterocycles. The second-order valence-electron chi connectivity index (χ2n) is 11.3. The topological polar surface area (TPSA) is 0 Å². The summed E-state index contributed by atoms with van der Waals surface area (Å²) in [7, 11) is 0. The van der Waals surface area contributed by atoms with Gasteiger partial charge in [-0.25, -0.2) is 0 Å². The first-order valence-electron chi connectivity index (χ1n) is 11.9. The first-order valence-corrected chi connectivity index (χ1v) is 11.9. The Balaban J connectivity index is 1.74. The van der Waals surface area contributed by atoms with Crippen LogP contribution in [0.2, 0.25) is 0 Å². The van der Waals surface area contributed by atoms with E-state index in [2.05, 4.69) is 34.6 Å². The second-order valence-corrected chi connectivity index (χ2v) is 11.3. The summed E-state index contributed by atoms with van der Waals surface area (Å²) in [6, 6.07) is 0. The van der Waals surface area contributed by atoms with Crippen molar-refractivity contribution >= 4 is 0 Å². The van der Waals surface area contributed by atoms with E-state index < -0.39 is 0 Å². The summed E-state index contributed by atoms with van der Waals surface area (Å²) >= 11 is 0. The van der Waals surface area contributed by atoms with E-state index in [0.717, 1.165) is 29.6 Å². The van der Waals surface area contributed by atoms with Crippen LogP contribution >= 0.6 is 0 Å². The highest BCUT2D eigenvalue weighted by Crippen LogP contribution is 2.58. The lowest BCUT2D eigenvalue weighted by atomic mass is 9.56. The lowest BCUT2D eigenvalue weighted by Crippen LogP contribution is -2.39. The van der Waals surface area contributed by atoms with Crippen LogP contribution in [-0.4, -0.2) is 0 Å². The van der Waals surface area contributed by atoms with Gasteiger partial charge in [-0.2, -0.15) is 0 Å². The fourth-order valence-electron chi connectivity index (χ4n) is 7.31. The number of hydrogen-bond acceptors (Lipinski definition) is 0. The van der Waals surface area contributed by atoms with Gasteiger partial charge in [0.15, 0.2) is 0 Å². The average molecular weight is 347 g/mol. The molecule has 3 aliphatic carbocycles. The molecule has 3 rings (SSSR count). The van der Waals surface area contributed by atoms with Crippen molar-refractivity contribution in [3.63, 3.8) is 0 Å². The Morgan fingerprint density at radius 2 is 1.44 bits per heavy atom. The van der Waals surface area contributed by atoms with Gasteiger partial charge in [-0.1, -0.05) is 60.3 Å². The Morgan fingerprint density at radius 3 is 2.16 bits per heavy atom. The summed E-state index contributed by atoms with van der Waals surface area (Å²) in [5.41, 5.74) is 1.30. The van der Waals surface area contributed by atoms with Crippen LogP contribution in [0.4, 0.5) is 0 Å². The molecule has 25 heavy (non-hydrogen) atoms. The van der Waals surface area contributed by atoms with E-state index in [0.29, 0.717) is 10.8 Å². The number of rotatable bonds is 3. The Morgan fingerprint density at radius 1 is 0.760 bits per heavy atom. The van der Waals surface area contributed by atoms with Gasteiger partial charge in [0.2, 0.25) is 0 Å². The summed E-state index contributed by atoms with van der Waals surface area (Å²) in [6.07, 6.45) is 19.7. The SMILES string of the molecule is CC(C)CCC1CCC2CCCC3CCCCC3(C)C(C)CCC21C. The van der Waals surface area contributed by atoms with Crippen molar-refractivity contribution in [2.75, 3.05) is 0 Å². The second kappa shape index (κ2) is 7.93. The van der Waals surface area contributed by atoms with Gasteiger partial charge in [0, 0.05) is 0 Å². The maximum Gasteiger partial charge on any atom is -0.0269 e. The third-order valence-corrected chi connectivity index (χ3v) is 9.62. The number of hydrogen-bond donors (Lipinski definition) is 0. The van der Waals surface area contributed by atoms with Crippen LogP contribution in [0, 0.1) is 40.4 Å². The zero-order valence-corrected chi connectivity index (χ0v) is 18.1. The average Bonchev–Trinajstić information content (AvgIpc) is 2.88. The van der Waals surface area contributed by atoms with Crippen molar-refractivity contribution in [1.82, 2.24) is 0 Å². The normalized spacial score (nSPS) is 45.8. The van der Waals surface area contributed by atoms with Gasteiger partial charge < -0.3 is 0 Å². The molecule has 0 heteroatoms. The molecule has 146 valence electrons. The van der Waals surface area contributed by atoms with Crippen molar-refractivity contribution in [3.05, 3.63) is 0 Å². The van der Waals surface area contributed by atoms with Gasteiger partial charge in [0.1, 0.15) is 0 Å². The third-order valence-electron chi connectivity index (χ3n) is 9.62. The highest BCUT2D eigenvalue weighted by atomic mass is 14.5. The lowest BCUT2D eigenvalue weighted by molar-refractivity contribution is 0.0126. The van der Waals surface area contributed by atoms with Gasteiger partial charge in [0.25, 0.3) is 0 Å². The highest BCUT2D eigenvalue weighted by Gasteiger charge is 2.48. The maximum absolute atomic E-state index is 2.71. The van der Waals surface area contributed by atoms with E-state index >= 15 is 0 Å². The monoisotopic (exact) mass is 346 g/mol. The summed E-state index contributed by atoms with van der Waals surface area (Å²) in [6.45, 7) is 12.8. The molecule has 0 amide bonds. The molecule has 0 N–H and O–H groups in total. The fourth-order valence-corrected chi connectivity index (χ4v) is 7.31. The lowest BCUT2D eigenvalue weighted by Gasteiger charge is -2.49. The minimum atomic E-state index is 0.646. The molecular weight excluding hydrogens is 300 g/mol. The van der Waals surface area contributed by atoms with Crippen LogP contribution in [0.3, 0.4) is 0 Å². The van der Waals surface area contributed by atoms with E-state index in [9.17, 15) is 0 Å². The van der Waals surface area contributed by atoms with Gasteiger partial charge in [0.05, 0.1) is 0 Å². The third kappa shape index (κ3) is 3.98. The summed E-state index contributed by atoms with van der Waals surface area (Å²) < 4.78 is 0. The largest absolute Gasteiger partial charge is 0.0628 e. The molecule has 0 aromatic heterocycles. The van der Waals surface area contributed by atoms with Crippen LogP contribution in [-0.2, 0) is 0 Å². The van der Waals surface area contributed by atoms with E-state index in [1.54, 1.807) is 0 Å². The number of fused-ring (bicyclic) bond motifs is 2. The fraction of sp³-hybridized carbons (Fsp3) is 1.00. The molecule has 0 spiro atoms. The molecule has 0 nitrogen and oxygen atoms in total. The molecule has 3 fully saturated rings. The molecule has 0 bridgehead atoms. The van der Waals surface area contributed by atoms with Crippen LogP contribution in [0.15, 0.2) is 0 Å². The summed E-state index contributed by atoms with van der Waals surface area (Å²) in [5.74, 6) is 4.88. The standard InChI is InChI=1S/C25H46/c1-19(2)12-13-23-15-14-22-11-8-10-21-9-6-7-17-24(21,4)20(3)16-18-25(22,23)5/h19-23H,6-18H2,1-5H3. The van der Waals surface area contributed by atoms with E-state index in [-0.39, 0.29) is 0 Å². The smallest absolute Gasteiger partial charge is 0.0269 e. The molecule has 0 radical (unpaired) electrons. The first-order chi connectivity index (χ1) is 11.9. The molecule has 0 saturated heterocycles. The Hall–Kier alpha value is 0. The van der Waals surface area contributed by atoms with Gasteiger partial charge >= 0.3 is 0 Å². The quantitative estimate of drug-likeness (QED) is 0.482. The molecular formula is C25H46. The summed E-state index contributed by atoms with van der Waals surface area (Å²) in [4.78, 5) is 0. The molecule has 0 aliphatic heterocycles. The molecule has 0 aromatic rings. The van der Waals surface area contributed by atoms with Crippen molar-refractivity contribution in [1.29, 1.82) is 0 Å². The van der Waals surface area contributed by atoms with Gasteiger partial charge in [-0.3, -0.25) is 0 Å². The molecule has 0 aromatic carbocycles. The van der Waals surface area contributed by atoms with E-state index in [1.165, 1.54) is 83.5 Å². The van der Waals surface area contributed by atoms with Crippen LogP contribution in [0.1, 0.15) is 118 Å². The minimum absolute atomic E-state index is 0.646. The molecule has 3 aliphatic rings. The van der Waals surface area contributed by atoms with E-state index in [4.69, 9.17) is 0 Å². The van der Waals surface area contributed by atoms with Crippen LogP contribution in [0.5, 0.6) is 0 Å². The first kappa shape index (κ1) is 19.8. The van der Waals surface area contributed by atoms with Crippen molar-refractivity contribution in [3.8, 4) is 0 Å². The van der Waals surface area contributed by atoms with E-state index in [1.807, 2.05) is 0 Å². The van der Waals surface area contributed by atoms with Crippen LogP contribution in [0.25, 0.3) is 0 Å². The highest BCUT2D eigenvalue weighted by molar-refractivity contribution is 4.98. The Bertz CT molecular complexity index is 424. The predicted octanol–water partition coefficient (Wildman–Crippen LogP) is 8.25. The Labute approximate surface area is 158 Å². The van der Waals surface area contributed by atoms with Crippen molar-refractivity contribution in [2.45, 2.75) is 118 Å². The van der Waals surface area contributed by atoms with Crippen LogP contribution < -0.4 is 0 Å². The predicted molar refractivity (Wildman–Crippen MR) is 111 cm³/mol. The van der Waals surface area contributed by atoms with Gasteiger partial charge in [-0.15, -0.1) is 0 Å². The maximum atomic E-state index is 2.71. The zero-order valence-electron chi connectivity index (χ0n) is 18.1. The Kier molecular flexibility index (Phi) is 6.27. The summed E-state index contributed by atoms with van der Waals surface area (Å²) in [5, 5.41) is 0. The molecule has 3 saturated carbocycles.